The summed E-state index contributed by atoms with van der Waals surface area (Å²) in [5.41, 5.74) is 11.4. The van der Waals surface area contributed by atoms with Gasteiger partial charge in [-0.05, 0) is 18.2 Å². The summed E-state index contributed by atoms with van der Waals surface area (Å²) in [7, 11) is 1.60. The average Bonchev–Trinajstić information content (AvgIpc) is 3.25. The summed E-state index contributed by atoms with van der Waals surface area (Å²) in [5, 5.41) is 0. The number of aromatic nitrogens is 2. The minimum absolute atomic E-state index is 0.103. The number of hydrogen-bond acceptors (Lipinski definition) is 8. The molecule has 1 aliphatic carbocycles. The molecule has 0 atom stereocenters. The van der Waals surface area contributed by atoms with E-state index in [4.69, 9.17) is 15.2 Å². The van der Waals surface area contributed by atoms with E-state index in [1.807, 2.05) is 53.4 Å². The Morgan fingerprint density at radius 3 is 2.28 bits per heavy atom. The van der Waals surface area contributed by atoms with E-state index in [1.165, 1.54) is 6.07 Å². The Bertz CT molecular complexity index is 1540. The number of carbonyl (C=O) groups excluding carboxylic acids is 1. The predicted molar refractivity (Wildman–Crippen MR) is 149 cm³/mol. The normalized spacial score (nSPS) is 14.4. The lowest BCUT2D eigenvalue weighted by Crippen LogP contribution is -2.47. The number of nitrogens with zero attached hydrogens (tertiary/aromatic N) is 4. The third-order valence-electron chi connectivity index (χ3n) is 7.16. The van der Waals surface area contributed by atoms with Crippen LogP contribution in [0.25, 0.3) is 22.5 Å². The van der Waals surface area contributed by atoms with Crippen molar-refractivity contribution < 1.29 is 18.7 Å². The number of fused-ring (bicyclic) bond motifs is 3. The molecule has 6 rings (SSSR count). The first-order chi connectivity index (χ1) is 19.0. The molecule has 0 unspecified atom stereocenters. The maximum atomic E-state index is 14.9. The maximum absolute atomic E-state index is 14.9. The van der Waals surface area contributed by atoms with E-state index in [9.17, 15) is 9.18 Å². The van der Waals surface area contributed by atoms with Crippen LogP contribution in [0.3, 0.4) is 0 Å². The Labute approximate surface area is 225 Å². The van der Waals surface area contributed by atoms with Crippen LogP contribution in [0.5, 0.6) is 5.75 Å². The average molecular weight is 526 g/mol. The summed E-state index contributed by atoms with van der Waals surface area (Å²) in [6.07, 6.45) is 0. The summed E-state index contributed by atoms with van der Waals surface area (Å²) in [6.45, 7) is 3.34. The number of hydrogen-bond donors (Lipinski definition) is 1. The third kappa shape index (κ3) is 4.55. The SMILES string of the molecule is COCCOc1ccc(N2CCN(c3cccc4c3-c3nc(N)nc(-c5ccccc5)c3C4=O)CC2)c(F)c1. The summed E-state index contributed by atoms with van der Waals surface area (Å²) in [6, 6.07) is 20.2. The number of carbonyl (C=O) groups is 1. The van der Waals surface area contributed by atoms with Crippen molar-refractivity contribution in [3.05, 3.63) is 83.7 Å². The first-order valence-electron chi connectivity index (χ1n) is 12.9. The zero-order chi connectivity index (χ0) is 26.9. The smallest absolute Gasteiger partial charge is 0.221 e. The van der Waals surface area contributed by atoms with E-state index in [-0.39, 0.29) is 17.5 Å². The van der Waals surface area contributed by atoms with E-state index in [2.05, 4.69) is 14.9 Å². The molecule has 4 aromatic rings. The van der Waals surface area contributed by atoms with Gasteiger partial charge in [-0.25, -0.2) is 14.4 Å². The molecule has 0 radical (unpaired) electrons. The highest BCUT2D eigenvalue weighted by atomic mass is 19.1. The van der Waals surface area contributed by atoms with E-state index in [1.54, 1.807) is 19.2 Å². The van der Waals surface area contributed by atoms with Crippen molar-refractivity contribution in [3.63, 3.8) is 0 Å². The maximum Gasteiger partial charge on any atom is 0.221 e. The molecule has 2 aliphatic rings. The molecule has 1 saturated heterocycles. The van der Waals surface area contributed by atoms with Gasteiger partial charge >= 0.3 is 0 Å². The molecule has 9 heteroatoms. The molecule has 2 heterocycles. The van der Waals surface area contributed by atoms with Gasteiger partial charge < -0.3 is 25.0 Å². The molecule has 1 aliphatic heterocycles. The van der Waals surface area contributed by atoms with Gasteiger partial charge in [-0.2, -0.15) is 0 Å². The molecule has 198 valence electrons. The van der Waals surface area contributed by atoms with Crippen molar-refractivity contribution in [3.8, 4) is 28.3 Å². The molecule has 3 aromatic carbocycles. The fourth-order valence-corrected chi connectivity index (χ4v) is 5.32. The Morgan fingerprint density at radius 2 is 1.56 bits per heavy atom. The lowest BCUT2D eigenvalue weighted by atomic mass is 10.0. The van der Waals surface area contributed by atoms with Gasteiger partial charge in [0.05, 0.1) is 29.2 Å². The summed E-state index contributed by atoms with van der Waals surface area (Å²) >= 11 is 0. The number of ether oxygens (including phenoxy) is 2. The van der Waals surface area contributed by atoms with Gasteiger partial charge in [0, 0.05) is 61.7 Å². The van der Waals surface area contributed by atoms with E-state index < -0.39 is 0 Å². The Morgan fingerprint density at radius 1 is 0.846 bits per heavy atom. The number of ketones is 1. The Balaban J connectivity index is 1.27. The van der Waals surface area contributed by atoms with Crippen molar-refractivity contribution >= 4 is 23.1 Å². The highest BCUT2D eigenvalue weighted by Crippen LogP contribution is 2.45. The zero-order valence-electron chi connectivity index (χ0n) is 21.6. The quantitative estimate of drug-likeness (QED) is 0.312. The first-order valence-corrected chi connectivity index (χ1v) is 12.9. The van der Waals surface area contributed by atoms with Gasteiger partial charge in [-0.1, -0.05) is 42.5 Å². The highest BCUT2D eigenvalue weighted by Gasteiger charge is 2.36. The fourth-order valence-electron chi connectivity index (χ4n) is 5.32. The lowest BCUT2D eigenvalue weighted by molar-refractivity contribution is 0.104. The topological polar surface area (TPSA) is 93.8 Å². The fraction of sp³-hybridized carbons (Fsp3) is 0.233. The standard InChI is InChI=1S/C30H28FN5O3/c1-38-16-17-39-20-10-11-23(22(31)18-20)35-12-14-36(15-13-35)24-9-5-8-21-25(24)28-26(29(21)37)27(33-30(32)34-28)19-6-3-2-4-7-19/h2-11,18H,12-17H2,1H3,(H2,32,33,34). The third-order valence-corrected chi connectivity index (χ3v) is 7.16. The number of benzene rings is 3. The van der Waals surface area contributed by atoms with Gasteiger partial charge in [-0.15, -0.1) is 0 Å². The zero-order valence-corrected chi connectivity index (χ0v) is 21.6. The van der Waals surface area contributed by atoms with Crippen molar-refractivity contribution in [2.45, 2.75) is 0 Å². The Kier molecular flexibility index (Phi) is 6.58. The van der Waals surface area contributed by atoms with Crippen LogP contribution >= 0.6 is 0 Å². The first kappa shape index (κ1) is 24.8. The van der Waals surface area contributed by atoms with Crippen LogP contribution in [0.1, 0.15) is 15.9 Å². The second-order valence-electron chi connectivity index (χ2n) is 9.48. The van der Waals surface area contributed by atoms with Gasteiger partial charge in [0.2, 0.25) is 5.95 Å². The molecule has 0 bridgehead atoms. The van der Waals surface area contributed by atoms with E-state index in [0.717, 1.165) is 16.8 Å². The van der Waals surface area contributed by atoms with Gasteiger partial charge in [-0.3, -0.25) is 4.79 Å². The van der Waals surface area contributed by atoms with E-state index in [0.29, 0.717) is 73.3 Å². The monoisotopic (exact) mass is 525 g/mol. The molecule has 8 nitrogen and oxygen atoms in total. The predicted octanol–water partition coefficient (Wildman–Crippen LogP) is 4.43. The molecule has 0 amide bonds. The number of rotatable bonds is 7. The number of anilines is 3. The molecule has 0 saturated carbocycles. The summed E-state index contributed by atoms with van der Waals surface area (Å²) in [5.74, 6) is 0.178. The van der Waals surface area contributed by atoms with Crippen LogP contribution in [-0.2, 0) is 4.74 Å². The van der Waals surface area contributed by atoms with Gasteiger partial charge in [0.15, 0.2) is 5.78 Å². The van der Waals surface area contributed by atoms with Crippen LogP contribution in [0.4, 0.5) is 21.7 Å². The molecule has 1 fully saturated rings. The highest BCUT2D eigenvalue weighted by molar-refractivity contribution is 6.25. The van der Waals surface area contributed by atoms with Crippen LogP contribution < -0.4 is 20.3 Å². The second kappa shape index (κ2) is 10.3. The minimum Gasteiger partial charge on any atom is -0.491 e. The van der Waals surface area contributed by atoms with Crippen molar-refractivity contribution in [1.82, 2.24) is 9.97 Å². The second-order valence-corrected chi connectivity index (χ2v) is 9.48. The summed E-state index contributed by atoms with van der Waals surface area (Å²) in [4.78, 5) is 26.8. The molecular weight excluding hydrogens is 497 g/mol. The van der Waals surface area contributed by atoms with Crippen LogP contribution in [0.15, 0.2) is 66.7 Å². The molecule has 1 aromatic heterocycles. The number of piperazine rings is 1. The summed E-state index contributed by atoms with van der Waals surface area (Å²) < 4.78 is 25.4. The van der Waals surface area contributed by atoms with E-state index >= 15 is 0 Å². The van der Waals surface area contributed by atoms with Crippen LogP contribution in [0, 0.1) is 5.82 Å². The largest absolute Gasteiger partial charge is 0.491 e. The molecular formula is C30H28FN5O3. The number of halogens is 1. The van der Waals surface area contributed by atoms with Crippen LogP contribution in [0.2, 0.25) is 0 Å². The van der Waals surface area contributed by atoms with Crippen LogP contribution in [-0.4, -0.2) is 62.3 Å². The van der Waals surface area contributed by atoms with Gasteiger partial charge in [0.25, 0.3) is 0 Å². The molecule has 39 heavy (non-hydrogen) atoms. The van der Waals surface area contributed by atoms with Crippen molar-refractivity contribution in [1.29, 1.82) is 0 Å². The Hall–Kier alpha value is -4.50. The number of nitrogen functional groups attached to an aromatic ring is 1. The van der Waals surface area contributed by atoms with Crippen molar-refractivity contribution in [2.75, 3.05) is 62.0 Å². The molecule has 0 spiro atoms. The number of methoxy groups -OCH3 is 1. The lowest BCUT2D eigenvalue weighted by Gasteiger charge is -2.38. The minimum atomic E-state index is -0.320. The van der Waals surface area contributed by atoms with Gasteiger partial charge in [0.1, 0.15) is 18.2 Å². The van der Waals surface area contributed by atoms with Crippen molar-refractivity contribution in [2.24, 2.45) is 0 Å². The number of nitrogens with two attached hydrogens (primary N) is 1. The molecule has 2 N–H and O–H groups in total.